The van der Waals surface area contributed by atoms with Gasteiger partial charge >= 0.3 is 0 Å². The Bertz CT molecular complexity index is 531. The molecule has 92 valence electrons. The number of hydrogen-bond donors (Lipinski definition) is 0. The Kier molecular flexibility index (Phi) is 4.05. The molecule has 0 atom stereocenters. The molecule has 1 aromatic carbocycles. The van der Waals surface area contributed by atoms with E-state index in [0.717, 1.165) is 19.3 Å². The van der Waals surface area contributed by atoms with Gasteiger partial charge in [-0.1, -0.05) is 35.9 Å². The van der Waals surface area contributed by atoms with Gasteiger partial charge in [-0.2, -0.15) is 0 Å². The van der Waals surface area contributed by atoms with Crippen molar-refractivity contribution in [2.45, 2.75) is 39.5 Å². The lowest BCUT2D eigenvalue weighted by Gasteiger charge is -2.05. The van der Waals surface area contributed by atoms with Crippen LogP contribution in [0.4, 0.5) is 0 Å². The van der Waals surface area contributed by atoms with Crippen LogP contribution in [0.5, 0.6) is 0 Å². The number of hydrogen-bond acceptors (Lipinski definition) is 0. The van der Waals surface area contributed by atoms with E-state index < -0.39 is 0 Å². The molecule has 0 saturated carbocycles. The van der Waals surface area contributed by atoms with Crippen LogP contribution in [0.15, 0.2) is 35.9 Å². The van der Waals surface area contributed by atoms with E-state index in [-0.39, 0.29) is 0 Å². The van der Waals surface area contributed by atoms with E-state index in [2.05, 4.69) is 50.1 Å². The molecule has 0 bridgehead atoms. The normalized spacial score (nSPS) is 12.9. The van der Waals surface area contributed by atoms with Gasteiger partial charge in [0.15, 0.2) is 0 Å². The Labute approximate surface area is 110 Å². The highest BCUT2D eigenvalue weighted by Crippen LogP contribution is 2.39. The molecule has 0 saturated heterocycles. The van der Waals surface area contributed by atoms with E-state index >= 15 is 0 Å². The maximum absolute atomic E-state index is 5.29. The molecule has 1 aliphatic rings. The Morgan fingerprint density at radius 3 is 2.50 bits per heavy atom. The summed E-state index contributed by atoms with van der Waals surface area (Å²) in [4.78, 5) is 0. The van der Waals surface area contributed by atoms with Crippen molar-refractivity contribution >= 4 is 11.1 Å². The summed E-state index contributed by atoms with van der Waals surface area (Å²) < 4.78 is 0. The summed E-state index contributed by atoms with van der Waals surface area (Å²) in [5.41, 5.74) is 7.07. The quantitative estimate of drug-likeness (QED) is 0.505. The minimum Gasteiger partial charge on any atom is -0.120 e. The summed E-state index contributed by atoms with van der Waals surface area (Å²) in [6, 6.07) is 8.71. The van der Waals surface area contributed by atoms with E-state index in [1.54, 1.807) is 0 Å². The van der Waals surface area contributed by atoms with Gasteiger partial charge in [-0.05, 0) is 55.4 Å². The third-order valence-corrected chi connectivity index (χ3v) is 3.44. The van der Waals surface area contributed by atoms with Gasteiger partial charge in [0.1, 0.15) is 0 Å². The molecule has 1 aliphatic carbocycles. The van der Waals surface area contributed by atoms with Gasteiger partial charge < -0.3 is 0 Å². The first-order valence-corrected chi connectivity index (χ1v) is 6.65. The fraction of sp³-hybridized carbons (Fsp3) is 0.333. The lowest BCUT2D eigenvalue weighted by atomic mass is 9.99. The number of fused-ring (bicyclic) bond motifs is 1. The average molecular weight is 236 g/mol. The standard InChI is InChI=1S/C18H20/c1-4-5-6-7-10-15-13-18(14(2)3)17-12-9-8-11-16(15)17/h1,8-9,11-13H,5-7,10H2,2-3H3. The zero-order chi connectivity index (χ0) is 13.0. The third kappa shape index (κ3) is 2.57. The molecule has 0 heterocycles. The second-order valence-corrected chi connectivity index (χ2v) is 5.04. The number of unbranched alkanes of at least 4 members (excludes halogenated alkanes) is 2. The molecule has 0 unspecified atom stereocenters. The zero-order valence-electron chi connectivity index (χ0n) is 11.3. The van der Waals surface area contributed by atoms with E-state index in [9.17, 15) is 0 Å². The summed E-state index contributed by atoms with van der Waals surface area (Å²) in [6.45, 7) is 4.37. The lowest BCUT2D eigenvalue weighted by molar-refractivity contribution is 0.781. The highest BCUT2D eigenvalue weighted by Gasteiger charge is 2.17. The molecule has 0 N–H and O–H groups in total. The fourth-order valence-corrected chi connectivity index (χ4v) is 2.49. The van der Waals surface area contributed by atoms with Crippen molar-refractivity contribution in [3.63, 3.8) is 0 Å². The first-order valence-electron chi connectivity index (χ1n) is 6.65. The van der Waals surface area contributed by atoms with E-state index in [1.165, 1.54) is 34.3 Å². The molecule has 18 heavy (non-hydrogen) atoms. The van der Waals surface area contributed by atoms with Crippen molar-refractivity contribution in [2.75, 3.05) is 0 Å². The number of terminal acetylenes is 1. The average Bonchev–Trinajstić information content (AvgIpc) is 2.74. The van der Waals surface area contributed by atoms with Gasteiger partial charge in [-0.25, -0.2) is 0 Å². The van der Waals surface area contributed by atoms with Gasteiger partial charge in [0.05, 0.1) is 0 Å². The second-order valence-electron chi connectivity index (χ2n) is 5.04. The van der Waals surface area contributed by atoms with Crippen LogP contribution in [0.3, 0.4) is 0 Å². The van der Waals surface area contributed by atoms with Crippen LogP contribution in [0.25, 0.3) is 11.1 Å². The largest absolute Gasteiger partial charge is 0.120 e. The summed E-state index contributed by atoms with van der Waals surface area (Å²) in [5.74, 6) is 2.71. The Hall–Kier alpha value is -1.74. The van der Waals surface area contributed by atoms with Gasteiger partial charge in [-0.15, -0.1) is 12.3 Å². The summed E-state index contributed by atoms with van der Waals surface area (Å²) >= 11 is 0. The molecule has 0 aliphatic heterocycles. The number of benzene rings is 1. The molecule has 0 nitrogen and oxygen atoms in total. The van der Waals surface area contributed by atoms with E-state index in [0.29, 0.717) is 0 Å². The van der Waals surface area contributed by atoms with Crippen molar-refractivity contribution in [3.05, 3.63) is 47.0 Å². The van der Waals surface area contributed by atoms with E-state index in [4.69, 9.17) is 6.42 Å². The molecular formula is C18H20. The van der Waals surface area contributed by atoms with Crippen LogP contribution in [0, 0.1) is 12.3 Å². The molecule has 0 spiro atoms. The maximum atomic E-state index is 5.29. The van der Waals surface area contributed by atoms with Crippen LogP contribution < -0.4 is 0 Å². The summed E-state index contributed by atoms with van der Waals surface area (Å²) in [5, 5.41) is 0. The van der Waals surface area contributed by atoms with Crippen LogP contribution in [0.2, 0.25) is 0 Å². The van der Waals surface area contributed by atoms with E-state index in [1.807, 2.05) is 0 Å². The second kappa shape index (κ2) is 5.74. The predicted octanol–water partition coefficient (Wildman–Crippen LogP) is 5.07. The van der Waals surface area contributed by atoms with Gasteiger partial charge in [0, 0.05) is 6.42 Å². The molecule has 0 heteroatoms. The molecule has 2 rings (SSSR count). The Morgan fingerprint density at radius 1 is 1.11 bits per heavy atom. The minimum atomic E-state index is 0.893. The lowest BCUT2D eigenvalue weighted by Crippen LogP contribution is -1.85. The molecule has 0 aromatic heterocycles. The predicted molar refractivity (Wildman–Crippen MR) is 80.0 cm³/mol. The highest BCUT2D eigenvalue weighted by molar-refractivity contribution is 5.96. The van der Waals surface area contributed by atoms with Crippen molar-refractivity contribution < 1.29 is 0 Å². The topological polar surface area (TPSA) is 0 Å². The highest BCUT2D eigenvalue weighted by atomic mass is 14.2. The SMILES string of the molecule is C#CCCCCC1=CC(=C(C)C)c2ccccc21. The van der Waals surface area contributed by atoms with Crippen molar-refractivity contribution in [2.24, 2.45) is 0 Å². The fourth-order valence-electron chi connectivity index (χ4n) is 2.49. The first-order chi connectivity index (χ1) is 8.74. The summed E-state index contributed by atoms with van der Waals surface area (Å²) in [7, 11) is 0. The van der Waals surface area contributed by atoms with Crippen LogP contribution in [-0.2, 0) is 0 Å². The molecule has 1 aromatic rings. The molecular weight excluding hydrogens is 216 g/mol. The Morgan fingerprint density at radius 2 is 1.83 bits per heavy atom. The zero-order valence-corrected chi connectivity index (χ0v) is 11.3. The molecule has 0 radical (unpaired) electrons. The maximum Gasteiger partial charge on any atom is 0.00861 e. The van der Waals surface area contributed by atoms with Crippen LogP contribution >= 0.6 is 0 Å². The van der Waals surface area contributed by atoms with Crippen molar-refractivity contribution in [1.82, 2.24) is 0 Å². The Balaban J connectivity index is 2.20. The van der Waals surface area contributed by atoms with Crippen molar-refractivity contribution in [1.29, 1.82) is 0 Å². The monoisotopic (exact) mass is 236 g/mol. The van der Waals surface area contributed by atoms with Gasteiger partial charge in [-0.3, -0.25) is 0 Å². The molecule has 0 fully saturated rings. The third-order valence-electron chi connectivity index (χ3n) is 3.44. The van der Waals surface area contributed by atoms with Crippen LogP contribution in [-0.4, -0.2) is 0 Å². The molecule has 0 amide bonds. The van der Waals surface area contributed by atoms with Gasteiger partial charge in [0.2, 0.25) is 0 Å². The first kappa shape index (κ1) is 12.7. The summed E-state index contributed by atoms with van der Waals surface area (Å²) in [6.07, 6.45) is 12.0. The van der Waals surface area contributed by atoms with Crippen LogP contribution in [0.1, 0.15) is 50.7 Å². The number of rotatable bonds is 4. The van der Waals surface area contributed by atoms with Crippen molar-refractivity contribution in [3.8, 4) is 12.3 Å². The minimum absolute atomic E-state index is 0.893. The van der Waals surface area contributed by atoms with Gasteiger partial charge in [0.25, 0.3) is 0 Å². The number of allylic oxidation sites excluding steroid dienone is 4. The smallest absolute Gasteiger partial charge is 0.00861 e.